The topological polar surface area (TPSA) is 55.3 Å². The van der Waals surface area contributed by atoms with Crippen molar-refractivity contribution in [3.63, 3.8) is 0 Å². The van der Waals surface area contributed by atoms with Crippen molar-refractivity contribution in [2.45, 2.75) is 44.8 Å². The van der Waals surface area contributed by atoms with Gasteiger partial charge in [0.2, 0.25) is 0 Å². The van der Waals surface area contributed by atoms with Crippen molar-refractivity contribution < 1.29 is 14.2 Å². The van der Waals surface area contributed by atoms with E-state index < -0.39 is 0 Å². The Morgan fingerprint density at radius 2 is 2.11 bits per heavy atom. The fraction of sp³-hybridized carbons (Fsp3) is 0.667. The smallest absolute Gasteiger partial charge is 0.193 e. The SMILES string of the molecule is CN=C(NCc1cccc(OC)c1OC1CCCC1)N(C)CC1CCOC1. The van der Waals surface area contributed by atoms with Crippen molar-refractivity contribution in [3.8, 4) is 11.5 Å². The molecule has 0 spiro atoms. The number of nitrogens with one attached hydrogen (secondary N) is 1. The summed E-state index contributed by atoms with van der Waals surface area (Å²) < 4.78 is 17.4. The molecule has 1 N–H and O–H groups in total. The zero-order valence-electron chi connectivity index (χ0n) is 16.9. The van der Waals surface area contributed by atoms with Gasteiger partial charge in [0.15, 0.2) is 17.5 Å². The second-order valence-corrected chi connectivity index (χ2v) is 7.48. The second kappa shape index (κ2) is 9.83. The molecule has 1 aliphatic heterocycles. The summed E-state index contributed by atoms with van der Waals surface area (Å²) in [5.41, 5.74) is 1.10. The van der Waals surface area contributed by atoms with Crippen LogP contribution in [0.3, 0.4) is 0 Å². The minimum Gasteiger partial charge on any atom is -0.493 e. The monoisotopic (exact) mass is 375 g/mol. The molecular weight excluding hydrogens is 342 g/mol. The third-order valence-electron chi connectivity index (χ3n) is 5.43. The van der Waals surface area contributed by atoms with E-state index in [9.17, 15) is 0 Å². The quantitative estimate of drug-likeness (QED) is 0.586. The highest BCUT2D eigenvalue weighted by molar-refractivity contribution is 5.79. The number of ether oxygens (including phenoxy) is 3. The average Bonchev–Trinajstić information content (AvgIpc) is 3.37. The van der Waals surface area contributed by atoms with Crippen molar-refractivity contribution in [2.75, 3.05) is 41.0 Å². The maximum Gasteiger partial charge on any atom is 0.193 e. The molecule has 1 unspecified atom stereocenters. The first-order chi connectivity index (χ1) is 13.2. The molecule has 1 heterocycles. The molecule has 6 heteroatoms. The summed E-state index contributed by atoms with van der Waals surface area (Å²) in [4.78, 5) is 6.62. The Morgan fingerprint density at radius 3 is 2.78 bits per heavy atom. The second-order valence-electron chi connectivity index (χ2n) is 7.48. The molecule has 0 bridgehead atoms. The van der Waals surface area contributed by atoms with Crippen LogP contribution in [0, 0.1) is 5.92 Å². The Labute approximate surface area is 162 Å². The molecule has 0 amide bonds. The molecule has 27 heavy (non-hydrogen) atoms. The summed E-state index contributed by atoms with van der Waals surface area (Å²) in [6.45, 7) is 3.31. The Morgan fingerprint density at radius 1 is 1.30 bits per heavy atom. The zero-order valence-corrected chi connectivity index (χ0v) is 16.9. The highest BCUT2D eigenvalue weighted by atomic mass is 16.5. The number of hydrogen-bond donors (Lipinski definition) is 1. The van der Waals surface area contributed by atoms with E-state index >= 15 is 0 Å². The molecule has 0 radical (unpaired) electrons. The number of para-hydroxylation sites is 1. The van der Waals surface area contributed by atoms with Gasteiger partial charge in [0.25, 0.3) is 0 Å². The van der Waals surface area contributed by atoms with Crippen LogP contribution in [-0.4, -0.2) is 57.9 Å². The van der Waals surface area contributed by atoms with Gasteiger partial charge in [-0.2, -0.15) is 0 Å². The number of guanidine groups is 1. The molecule has 3 rings (SSSR count). The minimum atomic E-state index is 0.296. The van der Waals surface area contributed by atoms with Crippen molar-refractivity contribution in [1.82, 2.24) is 10.2 Å². The maximum absolute atomic E-state index is 6.33. The number of methoxy groups -OCH3 is 1. The Bertz CT molecular complexity index is 623. The van der Waals surface area contributed by atoms with Crippen LogP contribution < -0.4 is 14.8 Å². The highest BCUT2D eigenvalue weighted by Gasteiger charge is 2.22. The molecule has 1 saturated carbocycles. The molecule has 1 aromatic carbocycles. The molecule has 1 aromatic rings. The number of hydrogen-bond acceptors (Lipinski definition) is 4. The predicted molar refractivity (Wildman–Crippen MR) is 108 cm³/mol. The average molecular weight is 376 g/mol. The Kier molecular flexibility index (Phi) is 7.21. The molecule has 2 aliphatic rings. The fourth-order valence-electron chi connectivity index (χ4n) is 3.93. The van der Waals surface area contributed by atoms with Crippen LogP contribution in [0.2, 0.25) is 0 Å². The zero-order chi connectivity index (χ0) is 19.1. The van der Waals surface area contributed by atoms with Crippen LogP contribution in [0.25, 0.3) is 0 Å². The van der Waals surface area contributed by atoms with Gasteiger partial charge in [-0.05, 0) is 38.2 Å². The molecular formula is C21H33N3O3. The van der Waals surface area contributed by atoms with Crippen LogP contribution in [0.15, 0.2) is 23.2 Å². The molecule has 6 nitrogen and oxygen atoms in total. The summed E-state index contributed by atoms with van der Waals surface area (Å²) in [6.07, 6.45) is 6.16. The van der Waals surface area contributed by atoms with E-state index in [2.05, 4.69) is 28.3 Å². The lowest BCUT2D eigenvalue weighted by atomic mass is 10.1. The highest BCUT2D eigenvalue weighted by Crippen LogP contribution is 2.34. The summed E-state index contributed by atoms with van der Waals surface area (Å²) in [5, 5.41) is 3.48. The van der Waals surface area contributed by atoms with Gasteiger partial charge in [-0.15, -0.1) is 0 Å². The van der Waals surface area contributed by atoms with Crippen LogP contribution in [0.5, 0.6) is 11.5 Å². The van der Waals surface area contributed by atoms with Crippen molar-refractivity contribution in [3.05, 3.63) is 23.8 Å². The Balaban J connectivity index is 1.64. The van der Waals surface area contributed by atoms with Gasteiger partial charge in [0.1, 0.15) is 0 Å². The van der Waals surface area contributed by atoms with E-state index in [0.717, 1.165) is 62.0 Å². The van der Waals surface area contributed by atoms with Crippen LogP contribution >= 0.6 is 0 Å². The first kappa shape index (κ1) is 19.8. The van der Waals surface area contributed by atoms with Gasteiger partial charge in [0.05, 0.1) is 19.8 Å². The van der Waals surface area contributed by atoms with Gasteiger partial charge in [-0.25, -0.2) is 0 Å². The van der Waals surface area contributed by atoms with E-state index in [1.165, 1.54) is 12.8 Å². The Hall–Kier alpha value is -1.95. The molecule has 1 atom stereocenters. The fourth-order valence-corrected chi connectivity index (χ4v) is 3.93. The van der Waals surface area contributed by atoms with E-state index in [4.69, 9.17) is 14.2 Å². The predicted octanol–water partition coefficient (Wildman–Crippen LogP) is 3.06. The van der Waals surface area contributed by atoms with E-state index in [-0.39, 0.29) is 0 Å². The molecule has 150 valence electrons. The standard InChI is InChI=1S/C21H33N3O3/c1-22-21(24(2)14-16-11-12-26-15-16)23-13-17-7-6-10-19(25-3)20(17)27-18-8-4-5-9-18/h6-7,10,16,18H,4-5,8-9,11-15H2,1-3H3,(H,22,23). The molecule has 1 saturated heterocycles. The van der Waals surface area contributed by atoms with Gasteiger partial charge >= 0.3 is 0 Å². The van der Waals surface area contributed by atoms with E-state index in [0.29, 0.717) is 18.6 Å². The van der Waals surface area contributed by atoms with Crippen LogP contribution in [0.1, 0.15) is 37.7 Å². The summed E-state index contributed by atoms with van der Waals surface area (Å²) in [6, 6.07) is 6.08. The minimum absolute atomic E-state index is 0.296. The summed E-state index contributed by atoms with van der Waals surface area (Å²) in [7, 11) is 5.60. The maximum atomic E-state index is 6.33. The number of aliphatic imine (C=N–C) groups is 1. The van der Waals surface area contributed by atoms with E-state index in [1.807, 2.05) is 19.2 Å². The van der Waals surface area contributed by atoms with Crippen molar-refractivity contribution in [2.24, 2.45) is 10.9 Å². The summed E-state index contributed by atoms with van der Waals surface area (Å²) in [5.74, 6) is 3.12. The van der Waals surface area contributed by atoms with E-state index in [1.54, 1.807) is 7.11 Å². The molecule has 0 aromatic heterocycles. The van der Waals surface area contributed by atoms with Gasteiger partial charge in [0, 0.05) is 45.3 Å². The first-order valence-corrected chi connectivity index (χ1v) is 10.0. The van der Waals surface area contributed by atoms with Crippen molar-refractivity contribution >= 4 is 5.96 Å². The van der Waals surface area contributed by atoms with Crippen LogP contribution in [0.4, 0.5) is 0 Å². The van der Waals surface area contributed by atoms with Gasteiger partial charge in [-0.3, -0.25) is 4.99 Å². The van der Waals surface area contributed by atoms with Crippen molar-refractivity contribution in [1.29, 1.82) is 0 Å². The number of nitrogens with zero attached hydrogens (tertiary/aromatic N) is 2. The largest absolute Gasteiger partial charge is 0.493 e. The number of rotatable bonds is 7. The number of benzene rings is 1. The third kappa shape index (κ3) is 5.28. The van der Waals surface area contributed by atoms with Crippen LogP contribution in [-0.2, 0) is 11.3 Å². The lowest BCUT2D eigenvalue weighted by Crippen LogP contribution is -2.41. The lowest BCUT2D eigenvalue weighted by Gasteiger charge is -2.25. The normalized spacial score (nSPS) is 20.7. The molecule has 2 fully saturated rings. The van der Waals surface area contributed by atoms with Gasteiger partial charge in [-0.1, -0.05) is 12.1 Å². The van der Waals surface area contributed by atoms with Gasteiger partial charge < -0.3 is 24.4 Å². The summed E-state index contributed by atoms with van der Waals surface area (Å²) >= 11 is 0. The lowest BCUT2D eigenvalue weighted by molar-refractivity contribution is 0.181. The third-order valence-corrected chi connectivity index (χ3v) is 5.43. The first-order valence-electron chi connectivity index (χ1n) is 10.0. The molecule has 1 aliphatic carbocycles.